The molecule has 0 aliphatic carbocycles. The van der Waals surface area contributed by atoms with Crippen LogP contribution in [0.2, 0.25) is 0 Å². The lowest BCUT2D eigenvalue weighted by molar-refractivity contribution is 0.00784. The van der Waals surface area contributed by atoms with Gasteiger partial charge in [0.05, 0.1) is 0 Å². The Morgan fingerprint density at radius 2 is 1.67 bits per heavy atom. The Balaban J connectivity index is 2.01. The molecule has 1 amide bonds. The summed E-state index contributed by atoms with van der Waals surface area (Å²) in [5.74, 6) is 0. The third-order valence-corrected chi connectivity index (χ3v) is 3.30. The van der Waals surface area contributed by atoms with Crippen LogP contribution >= 0.6 is 0 Å². The summed E-state index contributed by atoms with van der Waals surface area (Å²) in [6, 6.07) is 0.914. The minimum Gasteiger partial charge on any atom is -0.444 e. The van der Waals surface area contributed by atoms with Crippen LogP contribution in [0.1, 0.15) is 52.9 Å². The molecule has 2 aliphatic rings. The van der Waals surface area contributed by atoms with E-state index in [2.05, 4.69) is 0 Å². The average molecular weight is 211 g/mol. The number of rotatable bonds is 0. The molecule has 2 rings (SSSR count). The zero-order valence-electron chi connectivity index (χ0n) is 9.95. The van der Waals surface area contributed by atoms with Crippen molar-refractivity contribution in [2.24, 2.45) is 0 Å². The van der Waals surface area contributed by atoms with Crippen molar-refractivity contribution in [2.75, 3.05) is 0 Å². The first-order chi connectivity index (χ1) is 6.97. The molecule has 2 heterocycles. The normalized spacial score (nSPS) is 30.5. The Labute approximate surface area is 91.8 Å². The van der Waals surface area contributed by atoms with Crippen molar-refractivity contribution in [3.63, 3.8) is 0 Å². The molecule has 0 N–H and O–H groups in total. The highest BCUT2D eigenvalue weighted by Gasteiger charge is 2.41. The number of nitrogens with zero attached hydrogens (tertiary/aromatic N) is 1. The second kappa shape index (κ2) is 3.69. The van der Waals surface area contributed by atoms with Crippen molar-refractivity contribution in [3.8, 4) is 0 Å². The zero-order chi connectivity index (χ0) is 11.1. The summed E-state index contributed by atoms with van der Waals surface area (Å²) in [5.41, 5.74) is -0.367. The summed E-state index contributed by atoms with van der Waals surface area (Å²) in [6.45, 7) is 5.78. The Morgan fingerprint density at radius 1 is 1.13 bits per heavy atom. The molecule has 0 saturated carbocycles. The fourth-order valence-corrected chi connectivity index (χ4v) is 2.73. The smallest absolute Gasteiger partial charge is 0.410 e. The van der Waals surface area contributed by atoms with Crippen LogP contribution in [0.4, 0.5) is 4.79 Å². The van der Waals surface area contributed by atoms with Gasteiger partial charge in [0, 0.05) is 12.1 Å². The van der Waals surface area contributed by atoms with Crippen LogP contribution in [-0.2, 0) is 4.74 Å². The molecule has 2 bridgehead atoms. The molecule has 0 unspecified atom stereocenters. The number of ether oxygens (including phenoxy) is 1. The lowest BCUT2D eigenvalue weighted by Crippen LogP contribution is -2.46. The molecule has 2 aliphatic heterocycles. The van der Waals surface area contributed by atoms with Gasteiger partial charge in [0.1, 0.15) is 5.60 Å². The average Bonchev–Trinajstić information content (AvgIpc) is 2.34. The lowest BCUT2D eigenvalue weighted by Gasteiger charge is -2.35. The van der Waals surface area contributed by atoms with E-state index in [1.54, 1.807) is 0 Å². The van der Waals surface area contributed by atoms with E-state index in [4.69, 9.17) is 4.74 Å². The number of carbonyl (C=O) groups is 1. The maximum absolute atomic E-state index is 12.0. The van der Waals surface area contributed by atoms with Crippen molar-refractivity contribution >= 4 is 6.09 Å². The maximum atomic E-state index is 12.0. The maximum Gasteiger partial charge on any atom is 0.410 e. The van der Waals surface area contributed by atoms with Crippen LogP contribution in [0, 0.1) is 0 Å². The first kappa shape index (κ1) is 10.8. The second-order valence-electron chi connectivity index (χ2n) is 5.70. The third kappa shape index (κ3) is 2.27. The lowest BCUT2D eigenvalue weighted by atomic mass is 10.0. The Kier molecular flexibility index (Phi) is 2.65. The van der Waals surface area contributed by atoms with E-state index in [1.807, 2.05) is 25.7 Å². The van der Waals surface area contributed by atoms with Gasteiger partial charge in [-0.25, -0.2) is 4.79 Å². The van der Waals surface area contributed by atoms with Gasteiger partial charge in [0.25, 0.3) is 0 Å². The largest absolute Gasteiger partial charge is 0.444 e. The summed E-state index contributed by atoms with van der Waals surface area (Å²) < 4.78 is 5.44. The topological polar surface area (TPSA) is 29.5 Å². The molecule has 2 atom stereocenters. The molecule has 0 radical (unpaired) electrons. The monoisotopic (exact) mass is 211 g/mol. The predicted octanol–water partition coefficient (Wildman–Crippen LogP) is 2.94. The molecular weight excluding hydrogens is 190 g/mol. The first-order valence-electron chi connectivity index (χ1n) is 5.99. The molecule has 86 valence electrons. The highest BCUT2D eigenvalue weighted by molar-refractivity contribution is 5.69. The van der Waals surface area contributed by atoms with Crippen LogP contribution in [-0.4, -0.2) is 28.7 Å². The van der Waals surface area contributed by atoms with E-state index < -0.39 is 0 Å². The second-order valence-corrected chi connectivity index (χ2v) is 5.70. The molecule has 3 heteroatoms. The third-order valence-electron chi connectivity index (χ3n) is 3.30. The molecule has 2 saturated heterocycles. The molecule has 0 aromatic heterocycles. The SMILES string of the molecule is CC(C)(C)OC(=O)N1[C@@H]2CCC[C@H]1CC2. The van der Waals surface area contributed by atoms with E-state index in [-0.39, 0.29) is 11.7 Å². The van der Waals surface area contributed by atoms with E-state index in [0.717, 1.165) is 12.8 Å². The van der Waals surface area contributed by atoms with Gasteiger partial charge in [0.15, 0.2) is 0 Å². The minimum atomic E-state index is -0.367. The van der Waals surface area contributed by atoms with E-state index >= 15 is 0 Å². The van der Waals surface area contributed by atoms with Gasteiger partial charge in [-0.2, -0.15) is 0 Å². The van der Waals surface area contributed by atoms with Crippen LogP contribution < -0.4 is 0 Å². The Bertz CT molecular complexity index is 241. The van der Waals surface area contributed by atoms with Gasteiger partial charge >= 0.3 is 6.09 Å². The van der Waals surface area contributed by atoms with Gasteiger partial charge in [0.2, 0.25) is 0 Å². The summed E-state index contributed by atoms with van der Waals surface area (Å²) in [4.78, 5) is 14.0. The number of fused-ring (bicyclic) bond motifs is 2. The molecule has 2 fully saturated rings. The van der Waals surface area contributed by atoms with E-state index in [1.165, 1.54) is 19.3 Å². The highest BCUT2D eigenvalue weighted by atomic mass is 16.6. The van der Waals surface area contributed by atoms with Crippen molar-refractivity contribution in [1.29, 1.82) is 0 Å². The molecule has 0 spiro atoms. The molecular formula is C12H21NO2. The van der Waals surface area contributed by atoms with Gasteiger partial charge in [-0.3, -0.25) is 0 Å². The molecule has 0 aromatic carbocycles. The molecule has 15 heavy (non-hydrogen) atoms. The van der Waals surface area contributed by atoms with Gasteiger partial charge in [-0.15, -0.1) is 0 Å². The van der Waals surface area contributed by atoms with E-state index in [0.29, 0.717) is 12.1 Å². The number of amides is 1. The summed E-state index contributed by atoms with van der Waals surface area (Å²) in [7, 11) is 0. The summed E-state index contributed by atoms with van der Waals surface area (Å²) >= 11 is 0. The van der Waals surface area contributed by atoms with E-state index in [9.17, 15) is 4.79 Å². The number of piperidine rings is 1. The van der Waals surface area contributed by atoms with Crippen LogP contribution in [0.15, 0.2) is 0 Å². The van der Waals surface area contributed by atoms with Gasteiger partial charge in [-0.05, 0) is 52.9 Å². The van der Waals surface area contributed by atoms with Crippen molar-refractivity contribution in [3.05, 3.63) is 0 Å². The molecule has 0 aromatic rings. The van der Waals surface area contributed by atoms with Crippen molar-refractivity contribution in [2.45, 2.75) is 70.6 Å². The van der Waals surface area contributed by atoms with Crippen LogP contribution in [0.5, 0.6) is 0 Å². The number of hydrogen-bond donors (Lipinski definition) is 0. The summed E-state index contributed by atoms with van der Waals surface area (Å²) in [6.07, 6.45) is 5.84. The quantitative estimate of drug-likeness (QED) is 0.616. The van der Waals surface area contributed by atoms with Crippen molar-refractivity contribution < 1.29 is 9.53 Å². The number of carbonyl (C=O) groups excluding carboxylic acids is 1. The standard InChI is InChI=1S/C12H21NO2/c1-12(2,3)15-11(14)13-9-5-4-6-10(13)8-7-9/h9-10H,4-8H2,1-3H3/t9-,10+. The number of hydrogen-bond acceptors (Lipinski definition) is 2. The first-order valence-corrected chi connectivity index (χ1v) is 5.99. The zero-order valence-corrected chi connectivity index (χ0v) is 9.95. The fraction of sp³-hybridized carbons (Fsp3) is 0.917. The minimum absolute atomic E-state index is 0.102. The van der Waals surface area contributed by atoms with Gasteiger partial charge < -0.3 is 9.64 Å². The van der Waals surface area contributed by atoms with Crippen LogP contribution in [0.3, 0.4) is 0 Å². The Hall–Kier alpha value is -0.730. The van der Waals surface area contributed by atoms with Crippen LogP contribution in [0.25, 0.3) is 0 Å². The van der Waals surface area contributed by atoms with Crippen molar-refractivity contribution in [1.82, 2.24) is 4.90 Å². The fourth-order valence-electron chi connectivity index (χ4n) is 2.73. The molecule has 3 nitrogen and oxygen atoms in total. The predicted molar refractivity (Wildman–Crippen MR) is 58.7 cm³/mol. The van der Waals surface area contributed by atoms with Gasteiger partial charge in [-0.1, -0.05) is 0 Å². The Morgan fingerprint density at radius 3 is 2.13 bits per heavy atom. The highest BCUT2D eigenvalue weighted by Crippen LogP contribution is 2.36. The summed E-state index contributed by atoms with van der Waals surface area (Å²) in [5, 5.41) is 0.